The second-order valence-electron chi connectivity index (χ2n) is 5.35. The Balaban J connectivity index is 2.16. The van der Waals surface area contributed by atoms with Crippen molar-refractivity contribution in [2.24, 2.45) is 5.92 Å². The fraction of sp³-hybridized carbons (Fsp3) is 0.562. The summed E-state index contributed by atoms with van der Waals surface area (Å²) in [6, 6.07) is 7.57. The normalized spacial score (nSPS) is 10.4. The molecule has 4 nitrogen and oxygen atoms in total. The average Bonchev–Trinajstić information content (AvgIpc) is 2.44. The molecule has 0 aliphatic heterocycles. The first-order chi connectivity index (χ1) is 9.61. The number of carbonyl (C=O) groups excluding carboxylic acids is 1. The summed E-state index contributed by atoms with van der Waals surface area (Å²) in [5.41, 5.74) is 1.03. The second kappa shape index (κ2) is 9.23. The van der Waals surface area contributed by atoms with Gasteiger partial charge in [0.2, 0.25) is 0 Å². The molecule has 0 heterocycles. The van der Waals surface area contributed by atoms with Crippen molar-refractivity contribution in [1.29, 1.82) is 0 Å². The number of benzene rings is 1. The van der Waals surface area contributed by atoms with Crippen LogP contribution in [0.4, 0.5) is 4.79 Å². The summed E-state index contributed by atoms with van der Waals surface area (Å²) >= 11 is 0. The van der Waals surface area contributed by atoms with Gasteiger partial charge in [-0.15, -0.1) is 0 Å². The molecule has 0 saturated heterocycles. The van der Waals surface area contributed by atoms with Crippen LogP contribution in [0.2, 0.25) is 0 Å². The van der Waals surface area contributed by atoms with Crippen molar-refractivity contribution in [1.82, 2.24) is 10.6 Å². The molecule has 1 aromatic carbocycles. The molecule has 20 heavy (non-hydrogen) atoms. The molecule has 0 unspecified atom stereocenters. The van der Waals surface area contributed by atoms with Crippen molar-refractivity contribution in [3.8, 4) is 5.75 Å². The largest absolute Gasteiger partial charge is 0.497 e. The molecule has 0 saturated carbocycles. The molecule has 0 aliphatic rings. The molecule has 0 atom stereocenters. The Hall–Kier alpha value is -1.71. The van der Waals surface area contributed by atoms with Gasteiger partial charge in [-0.05, 0) is 30.0 Å². The highest BCUT2D eigenvalue weighted by molar-refractivity contribution is 5.73. The fourth-order valence-electron chi connectivity index (χ4n) is 1.91. The zero-order chi connectivity index (χ0) is 14.8. The maximum atomic E-state index is 11.6. The highest BCUT2D eigenvalue weighted by atomic mass is 16.5. The van der Waals surface area contributed by atoms with Gasteiger partial charge in [-0.1, -0.05) is 38.8 Å². The van der Waals surface area contributed by atoms with E-state index < -0.39 is 0 Å². The first-order valence-corrected chi connectivity index (χ1v) is 7.26. The van der Waals surface area contributed by atoms with Crippen LogP contribution < -0.4 is 15.4 Å². The minimum Gasteiger partial charge on any atom is -0.497 e. The predicted molar refractivity (Wildman–Crippen MR) is 81.9 cm³/mol. The van der Waals surface area contributed by atoms with Gasteiger partial charge in [-0.2, -0.15) is 0 Å². The van der Waals surface area contributed by atoms with E-state index in [0.717, 1.165) is 36.6 Å². The molecule has 4 heteroatoms. The minimum atomic E-state index is -0.114. The zero-order valence-corrected chi connectivity index (χ0v) is 12.7. The van der Waals surface area contributed by atoms with Crippen molar-refractivity contribution < 1.29 is 9.53 Å². The van der Waals surface area contributed by atoms with Crippen molar-refractivity contribution in [2.75, 3.05) is 13.7 Å². The van der Waals surface area contributed by atoms with E-state index >= 15 is 0 Å². The van der Waals surface area contributed by atoms with Gasteiger partial charge in [0, 0.05) is 13.1 Å². The zero-order valence-electron chi connectivity index (χ0n) is 12.7. The summed E-state index contributed by atoms with van der Waals surface area (Å²) in [4.78, 5) is 11.6. The smallest absolute Gasteiger partial charge is 0.315 e. The molecule has 0 aromatic heterocycles. The Kier molecular flexibility index (Phi) is 7.55. The van der Waals surface area contributed by atoms with Gasteiger partial charge in [0.25, 0.3) is 0 Å². The van der Waals surface area contributed by atoms with E-state index in [-0.39, 0.29) is 6.03 Å². The molecule has 0 spiro atoms. The summed E-state index contributed by atoms with van der Waals surface area (Å²) in [7, 11) is 1.64. The minimum absolute atomic E-state index is 0.114. The lowest BCUT2D eigenvalue weighted by atomic mass is 10.1. The summed E-state index contributed by atoms with van der Waals surface area (Å²) in [6.07, 6.45) is 3.41. The number of nitrogens with one attached hydrogen (secondary N) is 2. The van der Waals surface area contributed by atoms with Gasteiger partial charge in [0.1, 0.15) is 5.75 Å². The van der Waals surface area contributed by atoms with Crippen LogP contribution in [-0.2, 0) is 6.54 Å². The summed E-state index contributed by atoms with van der Waals surface area (Å²) < 4.78 is 5.14. The van der Waals surface area contributed by atoms with Crippen molar-refractivity contribution >= 4 is 6.03 Å². The van der Waals surface area contributed by atoms with E-state index in [0.29, 0.717) is 6.54 Å². The number of methoxy groups -OCH3 is 1. The molecule has 112 valence electrons. The molecular formula is C16H26N2O2. The molecule has 2 N–H and O–H groups in total. The van der Waals surface area contributed by atoms with Gasteiger partial charge in [-0.3, -0.25) is 0 Å². The monoisotopic (exact) mass is 278 g/mol. The molecule has 1 rings (SSSR count). The van der Waals surface area contributed by atoms with Crippen LogP contribution >= 0.6 is 0 Å². The van der Waals surface area contributed by atoms with E-state index in [9.17, 15) is 4.79 Å². The third-order valence-electron chi connectivity index (χ3n) is 3.08. The topological polar surface area (TPSA) is 50.4 Å². The Morgan fingerprint density at radius 3 is 2.75 bits per heavy atom. The van der Waals surface area contributed by atoms with Gasteiger partial charge < -0.3 is 15.4 Å². The van der Waals surface area contributed by atoms with Crippen LogP contribution in [0.1, 0.15) is 38.7 Å². The molecule has 0 bridgehead atoms. The predicted octanol–water partition coefficient (Wildman–Crippen LogP) is 3.32. The van der Waals surface area contributed by atoms with Gasteiger partial charge in [0.15, 0.2) is 0 Å². The quantitative estimate of drug-likeness (QED) is 0.717. The van der Waals surface area contributed by atoms with E-state index in [1.54, 1.807) is 7.11 Å². The first-order valence-electron chi connectivity index (χ1n) is 7.26. The van der Waals surface area contributed by atoms with Crippen molar-refractivity contribution in [3.05, 3.63) is 29.8 Å². The van der Waals surface area contributed by atoms with Crippen LogP contribution in [0.15, 0.2) is 24.3 Å². The highest BCUT2D eigenvalue weighted by Crippen LogP contribution is 2.12. The lowest BCUT2D eigenvalue weighted by Gasteiger charge is -2.09. The fourth-order valence-corrected chi connectivity index (χ4v) is 1.91. The Morgan fingerprint density at radius 1 is 1.25 bits per heavy atom. The lowest BCUT2D eigenvalue weighted by Crippen LogP contribution is -2.35. The molecule has 1 aromatic rings. The maximum absolute atomic E-state index is 11.6. The number of unbranched alkanes of at least 4 members (excludes halogenated alkanes) is 1. The van der Waals surface area contributed by atoms with Gasteiger partial charge in [0.05, 0.1) is 7.11 Å². The molecular weight excluding hydrogens is 252 g/mol. The maximum Gasteiger partial charge on any atom is 0.315 e. The Labute approximate surface area is 121 Å². The summed E-state index contributed by atoms with van der Waals surface area (Å²) in [6.45, 7) is 5.67. The van der Waals surface area contributed by atoms with Crippen LogP contribution in [0.5, 0.6) is 5.75 Å². The molecule has 0 aliphatic carbocycles. The number of hydrogen-bond acceptors (Lipinski definition) is 2. The first kappa shape index (κ1) is 16.3. The highest BCUT2D eigenvalue weighted by Gasteiger charge is 2.01. The number of carbonyl (C=O) groups is 1. The third-order valence-corrected chi connectivity index (χ3v) is 3.08. The van der Waals surface area contributed by atoms with Crippen LogP contribution in [0.3, 0.4) is 0 Å². The van der Waals surface area contributed by atoms with E-state index in [1.807, 2.05) is 24.3 Å². The van der Waals surface area contributed by atoms with E-state index in [4.69, 9.17) is 4.74 Å². The van der Waals surface area contributed by atoms with Crippen molar-refractivity contribution in [2.45, 2.75) is 39.7 Å². The number of urea groups is 1. The van der Waals surface area contributed by atoms with Gasteiger partial charge in [-0.25, -0.2) is 4.79 Å². The molecule has 0 radical (unpaired) electrons. The summed E-state index contributed by atoms with van der Waals surface area (Å²) in [5, 5.41) is 5.72. The van der Waals surface area contributed by atoms with Crippen LogP contribution in [0.25, 0.3) is 0 Å². The molecule has 2 amide bonds. The van der Waals surface area contributed by atoms with Crippen LogP contribution in [-0.4, -0.2) is 19.7 Å². The van der Waals surface area contributed by atoms with Crippen molar-refractivity contribution in [3.63, 3.8) is 0 Å². The standard InChI is InChI=1S/C16H26N2O2/c1-13(2)7-4-5-10-17-16(19)18-12-14-8-6-9-15(11-14)20-3/h6,8-9,11,13H,4-5,7,10,12H2,1-3H3,(H2,17,18,19). The van der Waals surface area contributed by atoms with Crippen LogP contribution in [0, 0.1) is 5.92 Å². The Morgan fingerprint density at radius 2 is 2.05 bits per heavy atom. The summed E-state index contributed by atoms with van der Waals surface area (Å²) in [5.74, 6) is 1.54. The number of amides is 2. The van der Waals surface area contributed by atoms with E-state index in [1.165, 1.54) is 6.42 Å². The number of ether oxygens (including phenoxy) is 1. The van der Waals surface area contributed by atoms with Gasteiger partial charge >= 0.3 is 6.03 Å². The second-order valence-corrected chi connectivity index (χ2v) is 5.35. The number of hydrogen-bond donors (Lipinski definition) is 2. The molecule has 0 fully saturated rings. The lowest BCUT2D eigenvalue weighted by molar-refractivity contribution is 0.240. The Bertz CT molecular complexity index is 405. The SMILES string of the molecule is COc1cccc(CNC(=O)NCCCCC(C)C)c1. The third kappa shape index (κ3) is 7.02. The average molecular weight is 278 g/mol. The van der Waals surface area contributed by atoms with E-state index in [2.05, 4.69) is 24.5 Å². The number of rotatable bonds is 8.